The van der Waals surface area contributed by atoms with Crippen LogP contribution in [0.2, 0.25) is 0 Å². The van der Waals surface area contributed by atoms with E-state index in [0.29, 0.717) is 6.54 Å². The van der Waals surface area contributed by atoms with E-state index in [0.717, 1.165) is 18.5 Å². The fourth-order valence-electron chi connectivity index (χ4n) is 2.02. The molecule has 4 nitrogen and oxygen atoms in total. The molecule has 1 fully saturated rings. The molecule has 88 valence electrons. The van der Waals surface area contributed by atoms with Crippen molar-refractivity contribution < 1.29 is 9.90 Å². The van der Waals surface area contributed by atoms with E-state index in [1.54, 1.807) is 5.51 Å². The van der Waals surface area contributed by atoms with Crippen LogP contribution in [-0.2, 0) is 11.3 Å². The smallest absolute Gasteiger partial charge is 0.324 e. The maximum absolute atomic E-state index is 11.4. The highest BCUT2D eigenvalue weighted by molar-refractivity contribution is 7.07. The molecule has 1 aromatic rings. The van der Waals surface area contributed by atoms with Crippen LogP contribution in [0.1, 0.15) is 25.5 Å². The Kier molecular flexibility index (Phi) is 2.99. The molecule has 1 aliphatic carbocycles. The van der Waals surface area contributed by atoms with E-state index in [4.69, 9.17) is 0 Å². The van der Waals surface area contributed by atoms with Gasteiger partial charge in [-0.2, -0.15) is 0 Å². The number of carbonyl (C=O) groups is 1. The Morgan fingerprint density at radius 2 is 2.44 bits per heavy atom. The second-order valence-corrected chi connectivity index (χ2v) is 5.28. The predicted octanol–water partition coefficient (Wildman–Crippen LogP) is 1.83. The summed E-state index contributed by atoms with van der Waals surface area (Å²) < 4.78 is 0. The first-order chi connectivity index (χ1) is 7.55. The third kappa shape index (κ3) is 1.97. The molecule has 1 aromatic heterocycles. The molecular weight excluding hydrogens is 224 g/mol. The van der Waals surface area contributed by atoms with E-state index >= 15 is 0 Å². The van der Waals surface area contributed by atoms with E-state index in [1.807, 2.05) is 24.3 Å². The van der Waals surface area contributed by atoms with Crippen molar-refractivity contribution in [3.05, 3.63) is 16.6 Å². The zero-order valence-electron chi connectivity index (χ0n) is 9.51. The van der Waals surface area contributed by atoms with Crippen molar-refractivity contribution in [1.82, 2.24) is 9.88 Å². The molecule has 1 unspecified atom stereocenters. The Labute approximate surface area is 98.9 Å². The Balaban J connectivity index is 2.11. The van der Waals surface area contributed by atoms with Crippen LogP contribution in [0.4, 0.5) is 0 Å². The number of hydrogen-bond donors (Lipinski definition) is 1. The largest absolute Gasteiger partial charge is 0.480 e. The topological polar surface area (TPSA) is 53.4 Å². The minimum Gasteiger partial charge on any atom is -0.480 e. The van der Waals surface area contributed by atoms with Crippen molar-refractivity contribution in [2.75, 3.05) is 7.05 Å². The maximum Gasteiger partial charge on any atom is 0.324 e. The van der Waals surface area contributed by atoms with Gasteiger partial charge in [0, 0.05) is 11.9 Å². The molecule has 0 radical (unpaired) electrons. The lowest BCUT2D eigenvalue weighted by Crippen LogP contribution is -2.52. The molecule has 1 heterocycles. The number of carboxylic acid groups (broad SMARTS) is 1. The van der Waals surface area contributed by atoms with Crippen LogP contribution in [0.3, 0.4) is 0 Å². The van der Waals surface area contributed by atoms with Crippen molar-refractivity contribution in [3.8, 4) is 0 Å². The Bertz CT molecular complexity index is 375. The van der Waals surface area contributed by atoms with Gasteiger partial charge in [-0.1, -0.05) is 0 Å². The maximum atomic E-state index is 11.4. The molecule has 2 rings (SSSR count). The standard InChI is InChI=1S/C11H16N2O2S/c1-11(10(14)15,8-3-4-8)13(2)5-9-6-16-7-12-9/h6-8H,3-5H2,1-2H3,(H,14,15). The lowest BCUT2D eigenvalue weighted by atomic mass is 9.94. The molecular formula is C11H16N2O2S. The highest BCUT2D eigenvalue weighted by atomic mass is 32.1. The van der Waals surface area contributed by atoms with Gasteiger partial charge < -0.3 is 5.11 Å². The highest BCUT2D eigenvalue weighted by Crippen LogP contribution is 2.43. The van der Waals surface area contributed by atoms with Gasteiger partial charge in [0.25, 0.3) is 0 Å². The van der Waals surface area contributed by atoms with E-state index in [9.17, 15) is 9.90 Å². The molecule has 0 aliphatic heterocycles. The number of rotatable bonds is 5. The summed E-state index contributed by atoms with van der Waals surface area (Å²) in [7, 11) is 1.87. The molecule has 5 heteroatoms. The molecule has 1 atom stereocenters. The zero-order chi connectivity index (χ0) is 11.8. The predicted molar refractivity (Wildman–Crippen MR) is 62.3 cm³/mol. The van der Waals surface area contributed by atoms with Crippen molar-refractivity contribution >= 4 is 17.3 Å². The second kappa shape index (κ2) is 4.14. The summed E-state index contributed by atoms with van der Waals surface area (Å²) in [6.45, 7) is 2.42. The summed E-state index contributed by atoms with van der Waals surface area (Å²) >= 11 is 1.54. The van der Waals surface area contributed by atoms with Crippen molar-refractivity contribution in [2.45, 2.75) is 31.8 Å². The van der Waals surface area contributed by atoms with Crippen LogP contribution in [0.15, 0.2) is 10.9 Å². The first kappa shape index (κ1) is 11.5. The quantitative estimate of drug-likeness (QED) is 0.853. The Hall–Kier alpha value is -0.940. The lowest BCUT2D eigenvalue weighted by Gasteiger charge is -2.34. The minimum absolute atomic E-state index is 0.286. The average molecular weight is 240 g/mol. The summed E-state index contributed by atoms with van der Waals surface area (Å²) in [6, 6.07) is 0. The van der Waals surface area contributed by atoms with Crippen LogP contribution in [0, 0.1) is 5.92 Å². The van der Waals surface area contributed by atoms with Gasteiger partial charge in [0.15, 0.2) is 0 Å². The monoisotopic (exact) mass is 240 g/mol. The van der Waals surface area contributed by atoms with E-state index in [2.05, 4.69) is 4.98 Å². The molecule has 1 saturated carbocycles. The van der Waals surface area contributed by atoms with Crippen LogP contribution in [-0.4, -0.2) is 33.5 Å². The lowest BCUT2D eigenvalue weighted by molar-refractivity contribution is -0.151. The summed E-state index contributed by atoms with van der Waals surface area (Å²) in [6.07, 6.45) is 2.04. The Morgan fingerprint density at radius 3 is 2.88 bits per heavy atom. The molecule has 0 amide bonds. The number of thiazole rings is 1. The highest BCUT2D eigenvalue weighted by Gasteiger charge is 2.50. The number of hydrogen-bond acceptors (Lipinski definition) is 4. The van der Waals surface area contributed by atoms with Gasteiger partial charge in [0.05, 0.1) is 11.2 Å². The third-order valence-corrected chi connectivity index (χ3v) is 4.12. The second-order valence-electron chi connectivity index (χ2n) is 4.56. The van der Waals surface area contributed by atoms with Crippen LogP contribution >= 0.6 is 11.3 Å². The molecule has 16 heavy (non-hydrogen) atoms. The van der Waals surface area contributed by atoms with Gasteiger partial charge in [0.1, 0.15) is 5.54 Å². The zero-order valence-corrected chi connectivity index (χ0v) is 10.3. The number of likely N-dealkylation sites (N-methyl/N-ethyl adjacent to an activating group) is 1. The molecule has 0 aromatic carbocycles. The first-order valence-corrected chi connectivity index (χ1v) is 6.31. The van der Waals surface area contributed by atoms with Gasteiger partial charge in [-0.15, -0.1) is 11.3 Å². The normalized spacial score (nSPS) is 19.7. The minimum atomic E-state index is -0.746. The van der Waals surface area contributed by atoms with Gasteiger partial charge in [-0.25, -0.2) is 4.98 Å². The van der Waals surface area contributed by atoms with E-state index < -0.39 is 11.5 Å². The average Bonchev–Trinajstić information content (AvgIpc) is 2.97. The van der Waals surface area contributed by atoms with Gasteiger partial charge in [-0.05, 0) is 32.7 Å². The molecule has 1 N–H and O–H groups in total. The van der Waals surface area contributed by atoms with E-state index in [-0.39, 0.29) is 5.92 Å². The molecule has 0 spiro atoms. The van der Waals surface area contributed by atoms with Crippen LogP contribution in [0.5, 0.6) is 0 Å². The van der Waals surface area contributed by atoms with Gasteiger partial charge in [-0.3, -0.25) is 9.69 Å². The molecule has 1 aliphatic rings. The van der Waals surface area contributed by atoms with Gasteiger partial charge in [0.2, 0.25) is 0 Å². The summed E-state index contributed by atoms with van der Waals surface area (Å²) in [5.41, 5.74) is 1.97. The van der Waals surface area contributed by atoms with Crippen molar-refractivity contribution in [1.29, 1.82) is 0 Å². The fraction of sp³-hybridized carbons (Fsp3) is 0.636. The SMILES string of the molecule is CN(Cc1cscn1)C(C)(C(=O)O)C1CC1. The summed E-state index contributed by atoms with van der Waals surface area (Å²) in [4.78, 5) is 17.5. The number of nitrogens with zero attached hydrogens (tertiary/aromatic N) is 2. The number of aromatic nitrogens is 1. The Morgan fingerprint density at radius 1 is 1.75 bits per heavy atom. The molecule has 0 bridgehead atoms. The summed E-state index contributed by atoms with van der Waals surface area (Å²) in [5.74, 6) is -0.443. The van der Waals surface area contributed by atoms with E-state index in [1.165, 1.54) is 11.3 Å². The summed E-state index contributed by atoms with van der Waals surface area (Å²) in [5, 5.41) is 11.3. The number of carboxylic acids is 1. The van der Waals surface area contributed by atoms with Crippen LogP contribution < -0.4 is 0 Å². The van der Waals surface area contributed by atoms with Crippen LogP contribution in [0.25, 0.3) is 0 Å². The first-order valence-electron chi connectivity index (χ1n) is 5.37. The van der Waals surface area contributed by atoms with Gasteiger partial charge >= 0.3 is 5.97 Å². The van der Waals surface area contributed by atoms with Crippen molar-refractivity contribution in [2.24, 2.45) is 5.92 Å². The molecule has 0 saturated heterocycles. The van der Waals surface area contributed by atoms with Crippen molar-refractivity contribution in [3.63, 3.8) is 0 Å². The third-order valence-electron chi connectivity index (χ3n) is 3.48. The fourth-order valence-corrected chi connectivity index (χ4v) is 2.57. The number of aliphatic carboxylic acids is 1.